The minimum atomic E-state index is -0.499. The Balaban J connectivity index is 1.24. The van der Waals surface area contributed by atoms with Crippen LogP contribution in [0, 0.1) is 0 Å². The monoisotopic (exact) mass is 447 g/mol. The lowest BCUT2D eigenvalue weighted by Gasteiger charge is -2.26. The smallest absolute Gasteiger partial charge is 0.412 e. The van der Waals surface area contributed by atoms with Crippen LogP contribution >= 0.6 is 12.2 Å². The summed E-state index contributed by atoms with van der Waals surface area (Å²) in [6, 6.07) is 8.19. The number of thiocarbonyl (C=S) groups is 1. The Bertz CT molecular complexity index is 767. The first kappa shape index (κ1) is 22.3. The lowest BCUT2D eigenvalue weighted by atomic mass is 9.96. The van der Waals surface area contributed by atoms with Crippen molar-refractivity contribution in [1.29, 1.82) is 0 Å². The molecule has 1 amide bonds. The van der Waals surface area contributed by atoms with Gasteiger partial charge in [0.1, 0.15) is 12.2 Å². The van der Waals surface area contributed by atoms with Crippen LogP contribution in [0.15, 0.2) is 24.3 Å². The summed E-state index contributed by atoms with van der Waals surface area (Å²) in [6.07, 6.45) is 4.73. The molecule has 2 saturated heterocycles. The second kappa shape index (κ2) is 10.1. The number of benzene rings is 1. The molecule has 170 valence electrons. The van der Waals surface area contributed by atoms with Gasteiger partial charge in [0, 0.05) is 11.7 Å². The number of carbonyl (C=O) groups excluding carboxylic acids is 1. The first-order chi connectivity index (χ1) is 15.0. The number of nitrogens with one attached hydrogen (secondary N) is 3. The van der Waals surface area contributed by atoms with Crippen molar-refractivity contribution in [2.45, 2.75) is 82.3 Å². The van der Waals surface area contributed by atoms with Crippen LogP contribution in [-0.4, -0.2) is 54.8 Å². The third-order valence-electron chi connectivity index (χ3n) is 6.35. The minimum Gasteiger partial charge on any atom is -0.441 e. The van der Waals surface area contributed by atoms with Crippen LogP contribution in [0.3, 0.4) is 0 Å². The standard InChI is InChI=1S/C23H33N3O4S/c1-14(2)15-8-10-17(11-9-15)25-23(27)30-19-13-29-20-18(12-28-21(19)20)26-22(31)24-16-6-4-3-5-7-16/h8-11,14,16,18-21H,3-7,12-13H2,1-2H3,(H,25,27)(H2,24,26,31). The first-order valence-corrected chi connectivity index (χ1v) is 11.8. The molecule has 1 aliphatic carbocycles. The molecule has 31 heavy (non-hydrogen) atoms. The highest BCUT2D eigenvalue weighted by molar-refractivity contribution is 7.80. The van der Waals surface area contributed by atoms with Gasteiger partial charge in [0.15, 0.2) is 11.2 Å². The molecule has 0 bridgehead atoms. The van der Waals surface area contributed by atoms with Crippen molar-refractivity contribution in [3.8, 4) is 0 Å². The molecule has 0 aromatic heterocycles. The molecule has 3 fully saturated rings. The summed E-state index contributed by atoms with van der Waals surface area (Å²) in [5.74, 6) is 0.445. The third kappa shape index (κ3) is 5.67. The molecule has 2 heterocycles. The fourth-order valence-corrected chi connectivity index (χ4v) is 4.89. The number of carbonyl (C=O) groups is 1. The Kier molecular flexibility index (Phi) is 7.30. The highest BCUT2D eigenvalue weighted by Gasteiger charge is 2.49. The lowest BCUT2D eigenvalue weighted by molar-refractivity contribution is 0.00879. The average Bonchev–Trinajstić information content (AvgIpc) is 3.32. The zero-order chi connectivity index (χ0) is 21.8. The summed E-state index contributed by atoms with van der Waals surface area (Å²) in [5.41, 5.74) is 1.93. The quantitative estimate of drug-likeness (QED) is 0.594. The number of fused-ring (bicyclic) bond motifs is 1. The average molecular weight is 448 g/mol. The van der Waals surface area contributed by atoms with E-state index in [1.807, 2.05) is 24.3 Å². The van der Waals surface area contributed by atoms with Crippen molar-refractivity contribution < 1.29 is 19.0 Å². The summed E-state index contributed by atoms with van der Waals surface area (Å²) in [5, 5.41) is 10.2. The number of amides is 1. The highest BCUT2D eigenvalue weighted by Crippen LogP contribution is 2.29. The Labute approximate surface area is 189 Å². The lowest BCUT2D eigenvalue weighted by Crippen LogP contribution is -2.50. The van der Waals surface area contributed by atoms with Crippen LogP contribution in [0.2, 0.25) is 0 Å². The second-order valence-electron chi connectivity index (χ2n) is 9.00. The molecule has 0 spiro atoms. The molecule has 1 aromatic carbocycles. The number of hydrogen-bond donors (Lipinski definition) is 3. The largest absolute Gasteiger partial charge is 0.441 e. The summed E-state index contributed by atoms with van der Waals surface area (Å²) in [7, 11) is 0. The van der Waals surface area contributed by atoms with E-state index in [1.54, 1.807) is 0 Å². The van der Waals surface area contributed by atoms with E-state index in [2.05, 4.69) is 29.8 Å². The third-order valence-corrected chi connectivity index (χ3v) is 6.58. The predicted octanol–water partition coefficient (Wildman–Crippen LogP) is 3.69. The molecule has 0 radical (unpaired) electrons. The van der Waals surface area contributed by atoms with Crippen LogP contribution in [0.25, 0.3) is 0 Å². The molecular weight excluding hydrogens is 414 g/mol. The summed E-state index contributed by atoms with van der Waals surface area (Å²) in [4.78, 5) is 12.4. The van der Waals surface area contributed by atoms with Crippen molar-refractivity contribution in [2.75, 3.05) is 18.5 Å². The molecule has 4 unspecified atom stereocenters. The molecule has 2 aliphatic heterocycles. The van der Waals surface area contributed by atoms with E-state index in [4.69, 9.17) is 26.4 Å². The van der Waals surface area contributed by atoms with E-state index >= 15 is 0 Å². The summed E-state index contributed by atoms with van der Waals surface area (Å²) >= 11 is 5.50. The first-order valence-electron chi connectivity index (χ1n) is 11.4. The zero-order valence-corrected chi connectivity index (χ0v) is 19.1. The molecule has 8 heteroatoms. The van der Waals surface area contributed by atoms with E-state index < -0.39 is 12.2 Å². The second-order valence-corrected chi connectivity index (χ2v) is 9.41. The fourth-order valence-electron chi connectivity index (χ4n) is 4.57. The van der Waals surface area contributed by atoms with Crippen LogP contribution in [0.5, 0.6) is 0 Å². The van der Waals surface area contributed by atoms with Gasteiger partial charge in [-0.1, -0.05) is 45.2 Å². The van der Waals surface area contributed by atoms with Gasteiger partial charge in [0.2, 0.25) is 0 Å². The predicted molar refractivity (Wildman–Crippen MR) is 123 cm³/mol. The van der Waals surface area contributed by atoms with E-state index in [-0.39, 0.29) is 18.2 Å². The van der Waals surface area contributed by atoms with Gasteiger partial charge < -0.3 is 24.8 Å². The van der Waals surface area contributed by atoms with Crippen LogP contribution in [-0.2, 0) is 14.2 Å². The molecule has 7 nitrogen and oxygen atoms in total. The molecule has 4 rings (SSSR count). The van der Waals surface area contributed by atoms with Gasteiger partial charge in [-0.05, 0) is 48.7 Å². The molecule has 3 N–H and O–H groups in total. The number of anilines is 1. The Morgan fingerprint density at radius 2 is 1.74 bits per heavy atom. The van der Waals surface area contributed by atoms with Gasteiger partial charge in [-0.3, -0.25) is 5.32 Å². The Hall–Kier alpha value is -1.90. The zero-order valence-electron chi connectivity index (χ0n) is 18.3. The van der Waals surface area contributed by atoms with Crippen molar-refractivity contribution in [2.24, 2.45) is 0 Å². The minimum absolute atomic E-state index is 0.0474. The van der Waals surface area contributed by atoms with Crippen molar-refractivity contribution in [3.63, 3.8) is 0 Å². The van der Waals surface area contributed by atoms with Crippen LogP contribution in [0.4, 0.5) is 10.5 Å². The maximum atomic E-state index is 12.4. The fraction of sp³-hybridized carbons (Fsp3) is 0.652. The maximum Gasteiger partial charge on any atom is 0.412 e. The van der Waals surface area contributed by atoms with Crippen LogP contribution in [0.1, 0.15) is 57.4 Å². The highest BCUT2D eigenvalue weighted by atomic mass is 32.1. The maximum absolute atomic E-state index is 12.4. The Morgan fingerprint density at radius 1 is 1.03 bits per heavy atom. The molecular formula is C23H33N3O4S. The van der Waals surface area contributed by atoms with E-state index in [0.717, 1.165) is 12.8 Å². The molecule has 1 aromatic rings. The molecule has 1 saturated carbocycles. The van der Waals surface area contributed by atoms with Crippen molar-refractivity contribution >= 4 is 29.1 Å². The molecule has 3 aliphatic rings. The number of ether oxygens (including phenoxy) is 3. The topological polar surface area (TPSA) is 80.9 Å². The normalized spacial score (nSPS) is 28.2. The van der Waals surface area contributed by atoms with E-state index in [9.17, 15) is 4.79 Å². The SMILES string of the molecule is CC(C)c1ccc(NC(=O)OC2COC3C(NC(=S)NC4CCCCC4)COC23)cc1. The van der Waals surface area contributed by atoms with Gasteiger partial charge in [-0.25, -0.2) is 4.79 Å². The van der Waals surface area contributed by atoms with Gasteiger partial charge in [-0.15, -0.1) is 0 Å². The van der Waals surface area contributed by atoms with Gasteiger partial charge in [-0.2, -0.15) is 0 Å². The van der Waals surface area contributed by atoms with E-state index in [0.29, 0.717) is 36.0 Å². The van der Waals surface area contributed by atoms with Crippen LogP contribution < -0.4 is 16.0 Å². The van der Waals surface area contributed by atoms with Crippen molar-refractivity contribution in [3.05, 3.63) is 29.8 Å². The number of rotatable bonds is 5. The van der Waals surface area contributed by atoms with Crippen molar-refractivity contribution in [1.82, 2.24) is 10.6 Å². The Morgan fingerprint density at radius 3 is 2.45 bits per heavy atom. The summed E-state index contributed by atoms with van der Waals surface area (Å²) in [6.45, 7) is 5.06. The molecule has 4 atom stereocenters. The van der Waals surface area contributed by atoms with Gasteiger partial charge in [0.25, 0.3) is 0 Å². The van der Waals surface area contributed by atoms with Gasteiger partial charge >= 0.3 is 6.09 Å². The summed E-state index contributed by atoms with van der Waals surface area (Å²) < 4.78 is 17.4. The number of hydrogen-bond acceptors (Lipinski definition) is 5. The van der Waals surface area contributed by atoms with E-state index in [1.165, 1.54) is 24.8 Å². The van der Waals surface area contributed by atoms with Gasteiger partial charge in [0.05, 0.1) is 19.3 Å².